The second-order valence-electron chi connectivity index (χ2n) is 8.38. The standard InChI is InChI=1S/C25H24N6O4/c32-24(21-15-28-31-10-2-9-26-23(21)31)29-19-5-6-22(27-14-19)30-11-7-17(8-12-30)16-35-20-4-1-3-18(13-20)25(33)34/h1-6,9-10,13-15,17H,7-8,11-12,16H2,(H,29,32)(H,33,34). The van der Waals surface area contributed by atoms with Gasteiger partial charge in [-0.05, 0) is 55.2 Å². The van der Waals surface area contributed by atoms with Gasteiger partial charge in [-0.1, -0.05) is 6.07 Å². The number of rotatable bonds is 7. The molecule has 0 bridgehead atoms. The smallest absolute Gasteiger partial charge is 0.335 e. The van der Waals surface area contributed by atoms with Crippen LogP contribution in [0.4, 0.5) is 11.5 Å². The van der Waals surface area contributed by atoms with Gasteiger partial charge in [0.15, 0.2) is 5.65 Å². The van der Waals surface area contributed by atoms with Gasteiger partial charge in [-0.15, -0.1) is 0 Å². The van der Waals surface area contributed by atoms with E-state index >= 15 is 0 Å². The number of fused-ring (bicyclic) bond motifs is 1. The number of pyridine rings is 1. The lowest BCUT2D eigenvalue weighted by molar-refractivity contribution is 0.0696. The Morgan fingerprint density at radius 3 is 2.71 bits per heavy atom. The topological polar surface area (TPSA) is 122 Å². The van der Waals surface area contributed by atoms with E-state index in [1.54, 1.807) is 53.4 Å². The molecule has 2 N–H and O–H groups in total. The van der Waals surface area contributed by atoms with Crippen molar-refractivity contribution in [1.29, 1.82) is 0 Å². The van der Waals surface area contributed by atoms with E-state index in [0.717, 1.165) is 31.7 Å². The van der Waals surface area contributed by atoms with Gasteiger partial charge in [0.25, 0.3) is 5.91 Å². The Kier molecular flexibility index (Phi) is 6.25. The van der Waals surface area contributed by atoms with Crippen LogP contribution in [-0.4, -0.2) is 56.3 Å². The van der Waals surface area contributed by atoms with E-state index in [1.165, 1.54) is 6.20 Å². The number of hydrogen-bond acceptors (Lipinski definition) is 7. The van der Waals surface area contributed by atoms with Crippen LogP contribution >= 0.6 is 0 Å². The van der Waals surface area contributed by atoms with Crippen LogP contribution in [0.25, 0.3) is 5.65 Å². The van der Waals surface area contributed by atoms with Crippen molar-refractivity contribution in [2.24, 2.45) is 5.92 Å². The maximum atomic E-state index is 12.6. The highest BCUT2D eigenvalue weighted by molar-refractivity contribution is 6.08. The first-order chi connectivity index (χ1) is 17.1. The second-order valence-corrected chi connectivity index (χ2v) is 8.38. The van der Waals surface area contributed by atoms with Crippen molar-refractivity contribution in [3.05, 3.63) is 78.4 Å². The molecule has 4 aromatic rings. The number of carboxylic acid groups (broad SMARTS) is 1. The van der Waals surface area contributed by atoms with Gasteiger partial charge in [0.05, 0.1) is 30.3 Å². The third-order valence-corrected chi connectivity index (χ3v) is 6.03. The molecule has 3 aromatic heterocycles. The number of ether oxygens (including phenoxy) is 1. The first kappa shape index (κ1) is 22.3. The van der Waals surface area contributed by atoms with Crippen LogP contribution in [0.1, 0.15) is 33.6 Å². The molecule has 35 heavy (non-hydrogen) atoms. The molecule has 0 unspecified atom stereocenters. The van der Waals surface area contributed by atoms with E-state index in [1.807, 2.05) is 12.1 Å². The average Bonchev–Trinajstić information content (AvgIpc) is 3.33. The number of carbonyl (C=O) groups is 2. The number of carboxylic acids is 1. The summed E-state index contributed by atoms with van der Waals surface area (Å²) >= 11 is 0. The molecule has 1 aliphatic heterocycles. The number of anilines is 2. The van der Waals surface area contributed by atoms with Crippen LogP contribution in [0.3, 0.4) is 0 Å². The summed E-state index contributed by atoms with van der Waals surface area (Å²) in [6.07, 6.45) is 8.40. The number of hydrogen-bond donors (Lipinski definition) is 2. The number of aromatic carboxylic acids is 1. The molecule has 0 atom stereocenters. The van der Waals surface area contributed by atoms with Gasteiger partial charge in [0, 0.05) is 25.5 Å². The Bertz CT molecular complexity index is 1350. The zero-order valence-electron chi connectivity index (χ0n) is 18.9. The number of piperidine rings is 1. The van der Waals surface area contributed by atoms with Gasteiger partial charge in [0.1, 0.15) is 17.1 Å². The SMILES string of the molecule is O=C(O)c1cccc(OCC2CCN(c3ccc(NC(=O)c4cnn5cccnc45)cn3)CC2)c1. The molecule has 1 aromatic carbocycles. The third-order valence-electron chi connectivity index (χ3n) is 6.03. The lowest BCUT2D eigenvalue weighted by Gasteiger charge is -2.32. The van der Waals surface area contributed by atoms with Gasteiger partial charge in [-0.2, -0.15) is 5.10 Å². The summed E-state index contributed by atoms with van der Waals surface area (Å²) in [6, 6.07) is 12.1. The van der Waals surface area contributed by atoms with Crippen LogP contribution in [-0.2, 0) is 0 Å². The molecule has 10 nitrogen and oxygen atoms in total. The molecule has 5 rings (SSSR count). The number of aromatic nitrogens is 4. The maximum Gasteiger partial charge on any atom is 0.335 e. The molecule has 0 aliphatic carbocycles. The zero-order chi connectivity index (χ0) is 24.2. The monoisotopic (exact) mass is 472 g/mol. The normalized spacial score (nSPS) is 14.1. The lowest BCUT2D eigenvalue weighted by atomic mass is 9.98. The van der Waals surface area contributed by atoms with Crippen molar-refractivity contribution in [2.45, 2.75) is 12.8 Å². The Balaban J connectivity index is 1.13. The zero-order valence-corrected chi connectivity index (χ0v) is 18.9. The molecule has 1 fully saturated rings. The van der Waals surface area contributed by atoms with Gasteiger partial charge >= 0.3 is 5.97 Å². The fourth-order valence-corrected chi connectivity index (χ4v) is 4.09. The molecule has 0 radical (unpaired) electrons. The molecule has 178 valence electrons. The molecule has 1 aliphatic rings. The molecule has 1 saturated heterocycles. The van der Waals surface area contributed by atoms with Crippen LogP contribution < -0.4 is 15.0 Å². The lowest BCUT2D eigenvalue weighted by Crippen LogP contribution is -2.36. The highest BCUT2D eigenvalue weighted by atomic mass is 16.5. The molecular weight excluding hydrogens is 448 g/mol. The minimum atomic E-state index is -0.964. The van der Waals surface area contributed by atoms with Crippen molar-refractivity contribution in [3.63, 3.8) is 0 Å². The van der Waals surface area contributed by atoms with Gasteiger partial charge < -0.3 is 20.1 Å². The molecule has 4 heterocycles. The van der Waals surface area contributed by atoms with Crippen LogP contribution in [0.5, 0.6) is 5.75 Å². The Labute approximate surface area is 201 Å². The Hall–Kier alpha value is -4.47. The van der Waals surface area contributed by atoms with Crippen molar-refractivity contribution in [3.8, 4) is 5.75 Å². The molecule has 1 amide bonds. The molecule has 0 saturated carbocycles. The van der Waals surface area contributed by atoms with Crippen molar-refractivity contribution in [1.82, 2.24) is 19.6 Å². The number of nitrogens with one attached hydrogen (secondary N) is 1. The van der Waals surface area contributed by atoms with Gasteiger partial charge in [-0.3, -0.25) is 4.79 Å². The highest BCUT2D eigenvalue weighted by Crippen LogP contribution is 2.24. The van der Waals surface area contributed by atoms with E-state index in [2.05, 4.69) is 25.3 Å². The summed E-state index contributed by atoms with van der Waals surface area (Å²) in [5, 5.41) is 16.1. The Morgan fingerprint density at radius 2 is 1.94 bits per heavy atom. The number of amides is 1. The predicted octanol–water partition coefficient (Wildman–Crippen LogP) is 3.37. The summed E-state index contributed by atoms with van der Waals surface area (Å²) in [6.45, 7) is 2.24. The van der Waals surface area contributed by atoms with Crippen LogP contribution in [0.2, 0.25) is 0 Å². The first-order valence-electron chi connectivity index (χ1n) is 11.3. The Morgan fingerprint density at radius 1 is 1.09 bits per heavy atom. The largest absolute Gasteiger partial charge is 0.493 e. The summed E-state index contributed by atoms with van der Waals surface area (Å²) in [5.74, 6) is 0.566. The van der Waals surface area contributed by atoms with Crippen molar-refractivity contribution >= 4 is 29.0 Å². The fourth-order valence-electron chi connectivity index (χ4n) is 4.09. The molecular formula is C25H24N6O4. The van der Waals surface area contributed by atoms with E-state index in [-0.39, 0.29) is 11.5 Å². The fraction of sp³-hybridized carbons (Fsp3) is 0.240. The molecule has 10 heteroatoms. The predicted molar refractivity (Wildman–Crippen MR) is 129 cm³/mol. The number of nitrogens with zero attached hydrogens (tertiary/aromatic N) is 5. The van der Waals surface area contributed by atoms with E-state index in [0.29, 0.717) is 35.2 Å². The average molecular weight is 473 g/mol. The number of benzene rings is 1. The van der Waals surface area contributed by atoms with Gasteiger partial charge in [-0.25, -0.2) is 19.3 Å². The van der Waals surface area contributed by atoms with Crippen LogP contribution in [0.15, 0.2) is 67.3 Å². The third kappa shape index (κ3) is 5.06. The first-order valence-corrected chi connectivity index (χ1v) is 11.3. The van der Waals surface area contributed by atoms with Crippen LogP contribution in [0, 0.1) is 5.92 Å². The quantitative estimate of drug-likeness (QED) is 0.420. The summed E-state index contributed by atoms with van der Waals surface area (Å²) in [5.41, 5.74) is 1.71. The van der Waals surface area contributed by atoms with E-state index in [4.69, 9.17) is 9.84 Å². The molecule has 0 spiro atoms. The van der Waals surface area contributed by atoms with Gasteiger partial charge in [0.2, 0.25) is 0 Å². The van der Waals surface area contributed by atoms with E-state index < -0.39 is 5.97 Å². The van der Waals surface area contributed by atoms with E-state index in [9.17, 15) is 9.59 Å². The highest BCUT2D eigenvalue weighted by Gasteiger charge is 2.21. The number of carbonyl (C=O) groups excluding carboxylic acids is 1. The van der Waals surface area contributed by atoms with Crippen molar-refractivity contribution in [2.75, 3.05) is 29.9 Å². The maximum absolute atomic E-state index is 12.6. The second kappa shape index (κ2) is 9.80. The summed E-state index contributed by atoms with van der Waals surface area (Å²) < 4.78 is 7.39. The minimum absolute atomic E-state index is 0.221. The minimum Gasteiger partial charge on any atom is -0.493 e. The van der Waals surface area contributed by atoms with Crippen molar-refractivity contribution < 1.29 is 19.4 Å². The summed E-state index contributed by atoms with van der Waals surface area (Å²) in [7, 11) is 0. The summed E-state index contributed by atoms with van der Waals surface area (Å²) in [4.78, 5) is 34.7.